The van der Waals surface area contributed by atoms with Crippen LogP contribution in [0.25, 0.3) is 0 Å². The standard InChI is InChI=1S/C34H32N2O6/c1-3-4-13-26(34(41)42-18-27(38)35-21-16-14-20(15-17-21)19(2)37)36-32(39)30-28-22-9-5-6-10-23(22)29(31(30)33(36)40)25-12-8-7-11-24(25)28/h5-12,14-17,26,28-31H,3-4,13,18H2,1-2H3,(H,35,38)/t26-,28?,29?,30-,31-/m1/s1. The molecule has 3 aromatic carbocycles. The highest BCUT2D eigenvalue weighted by Gasteiger charge is 2.63. The van der Waals surface area contributed by atoms with Gasteiger partial charge in [-0.25, -0.2) is 4.79 Å². The summed E-state index contributed by atoms with van der Waals surface area (Å²) in [5.41, 5.74) is 5.21. The summed E-state index contributed by atoms with van der Waals surface area (Å²) in [6.45, 7) is 2.85. The minimum Gasteiger partial charge on any atom is -0.454 e. The van der Waals surface area contributed by atoms with Crippen LogP contribution in [0.3, 0.4) is 0 Å². The van der Waals surface area contributed by atoms with Gasteiger partial charge >= 0.3 is 5.97 Å². The molecule has 0 aromatic heterocycles. The largest absolute Gasteiger partial charge is 0.454 e. The Hall–Kier alpha value is -4.59. The first-order chi connectivity index (χ1) is 20.3. The van der Waals surface area contributed by atoms with Crippen molar-refractivity contribution in [3.05, 3.63) is 101 Å². The summed E-state index contributed by atoms with van der Waals surface area (Å²) in [5.74, 6) is -3.84. The van der Waals surface area contributed by atoms with Crippen LogP contribution in [0.2, 0.25) is 0 Å². The van der Waals surface area contributed by atoms with Crippen LogP contribution in [0.5, 0.6) is 0 Å². The van der Waals surface area contributed by atoms with Crippen LogP contribution >= 0.6 is 0 Å². The molecule has 1 N–H and O–H groups in total. The number of anilines is 1. The molecule has 3 aromatic rings. The maximum absolute atomic E-state index is 14.1. The Morgan fingerprint density at radius 2 is 1.31 bits per heavy atom. The van der Waals surface area contributed by atoms with E-state index in [1.165, 1.54) is 6.92 Å². The van der Waals surface area contributed by atoms with Gasteiger partial charge in [0.2, 0.25) is 11.8 Å². The van der Waals surface area contributed by atoms with Crippen molar-refractivity contribution in [1.82, 2.24) is 4.90 Å². The first-order valence-corrected chi connectivity index (χ1v) is 14.4. The Kier molecular flexibility index (Phi) is 7.22. The molecule has 1 fully saturated rings. The highest BCUT2D eigenvalue weighted by Crippen LogP contribution is 2.61. The fourth-order valence-electron chi connectivity index (χ4n) is 6.98. The number of imide groups is 1. The van der Waals surface area contributed by atoms with Crippen molar-refractivity contribution < 1.29 is 28.7 Å². The minimum atomic E-state index is -1.11. The van der Waals surface area contributed by atoms with Gasteiger partial charge in [-0.3, -0.25) is 24.1 Å². The number of esters is 1. The average molecular weight is 565 g/mol. The van der Waals surface area contributed by atoms with Gasteiger partial charge in [-0.2, -0.15) is 0 Å². The average Bonchev–Trinajstić information content (AvgIpc) is 3.26. The first-order valence-electron chi connectivity index (χ1n) is 14.4. The molecule has 3 aliphatic carbocycles. The zero-order valence-electron chi connectivity index (χ0n) is 23.5. The fraction of sp³-hybridized carbons (Fsp3) is 0.324. The van der Waals surface area contributed by atoms with Crippen molar-refractivity contribution >= 4 is 35.2 Å². The van der Waals surface area contributed by atoms with Crippen molar-refractivity contribution in [1.29, 1.82) is 0 Å². The van der Waals surface area contributed by atoms with Gasteiger partial charge < -0.3 is 10.1 Å². The number of ether oxygens (including phenoxy) is 1. The van der Waals surface area contributed by atoms with Crippen LogP contribution in [-0.2, 0) is 23.9 Å². The van der Waals surface area contributed by atoms with Crippen LogP contribution in [0, 0.1) is 11.8 Å². The third kappa shape index (κ3) is 4.51. The number of hydrogen-bond donors (Lipinski definition) is 1. The third-order valence-electron chi connectivity index (χ3n) is 8.82. The molecule has 1 heterocycles. The highest BCUT2D eigenvalue weighted by molar-refractivity contribution is 6.10. The Bertz CT molecular complexity index is 1480. The molecule has 214 valence electrons. The molecular formula is C34H32N2O6. The Morgan fingerprint density at radius 1 is 0.810 bits per heavy atom. The third-order valence-corrected chi connectivity index (χ3v) is 8.82. The molecule has 4 aliphatic rings. The number of benzene rings is 3. The van der Waals surface area contributed by atoms with Crippen molar-refractivity contribution in [3.63, 3.8) is 0 Å². The highest BCUT2D eigenvalue weighted by atomic mass is 16.5. The van der Waals surface area contributed by atoms with Crippen molar-refractivity contribution in [2.75, 3.05) is 11.9 Å². The summed E-state index contributed by atoms with van der Waals surface area (Å²) in [4.78, 5) is 66.9. The zero-order chi connectivity index (χ0) is 29.5. The van der Waals surface area contributed by atoms with Gasteiger partial charge in [-0.1, -0.05) is 68.3 Å². The number of likely N-dealkylation sites (tertiary alicyclic amines) is 1. The number of Topliss-reactive ketones (excluding diaryl/α,β-unsaturated/α-hetero) is 1. The van der Waals surface area contributed by atoms with E-state index in [0.717, 1.165) is 33.6 Å². The van der Waals surface area contributed by atoms with E-state index < -0.39 is 36.4 Å². The molecule has 2 bridgehead atoms. The molecule has 7 rings (SSSR count). The van der Waals surface area contributed by atoms with Crippen molar-refractivity contribution in [3.8, 4) is 0 Å². The lowest BCUT2D eigenvalue weighted by molar-refractivity contribution is -0.160. The van der Waals surface area contributed by atoms with Crippen LogP contribution in [0.4, 0.5) is 5.69 Å². The van der Waals surface area contributed by atoms with E-state index in [-0.39, 0.29) is 35.9 Å². The predicted molar refractivity (Wildman–Crippen MR) is 155 cm³/mol. The molecular weight excluding hydrogens is 532 g/mol. The number of unbranched alkanes of at least 4 members (excludes halogenated alkanes) is 1. The smallest absolute Gasteiger partial charge is 0.329 e. The molecule has 3 amide bonds. The van der Waals surface area contributed by atoms with E-state index in [2.05, 4.69) is 5.32 Å². The topological polar surface area (TPSA) is 110 Å². The van der Waals surface area contributed by atoms with Gasteiger partial charge in [0.05, 0.1) is 11.8 Å². The van der Waals surface area contributed by atoms with Crippen LogP contribution in [-0.4, -0.2) is 47.0 Å². The maximum Gasteiger partial charge on any atom is 0.329 e. The zero-order valence-corrected chi connectivity index (χ0v) is 23.5. The van der Waals surface area contributed by atoms with Gasteiger partial charge in [0.1, 0.15) is 6.04 Å². The lowest BCUT2D eigenvalue weighted by Crippen LogP contribution is -2.47. The number of carbonyl (C=O) groups is 5. The molecule has 8 nitrogen and oxygen atoms in total. The lowest BCUT2D eigenvalue weighted by Gasteiger charge is -2.45. The number of nitrogens with one attached hydrogen (secondary N) is 1. The van der Waals surface area contributed by atoms with E-state index in [0.29, 0.717) is 17.7 Å². The van der Waals surface area contributed by atoms with E-state index in [4.69, 9.17) is 4.74 Å². The monoisotopic (exact) mass is 564 g/mol. The second kappa shape index (κ2) is 11.0. The second-order valence-electron chi connectivity index (χ2n) is 11.3. The Labute approximate surface area is 244 Å². The number of carbonyl (C=O) groups excluding carboxylic acids is 5. The number of hydrogen-bond acceptors (Lipinski definition) is 6. The van der Waals surface area contributed by atoms with Gasteiger partial charge in [-0.05, 0) is 59.9 Å². The number of rotatable bonds is 9. The molecule has 1 saturated heterocycles. The number of nitrogens with zero attached hydrogens (tertiary/aromatic N) is 1. The summed E-state index contributed by atoms with van der Waals surface area (Å²) in [5, 5.41) is 2.64. The van der Waals surface area contributed by atoms with Crippen molar-refractivity contribution in [2.45, 2.75) is 51.0 Å². The van der Waals surface area contributed by atoms with E-state index in [9.17, 15) is 24.0 Å². The van der Waals surface area contributed by atoms with E-state index in [1.54, 1.807) is 24.3 Å². The first kappa shape index (κ1) is 27.6. The summed E-state index contributed by atoms with van der Waals surface area (Å²) < 4.78 is 5.40. The van der Waals surface area contributed by atoms with E-state index >= 15 is 0 Å². The maximum atomic E-state index is 14.1. The fourth-order valence-corrected chi connectivity index (χ4v) is 6.98. The predicted octanol–water partition coefficient (Wildman–Crippen LogP) is 4.82. The quantitative estimate of drug-likeness (QED) is 0.227. The molecule has 1 aliphatic heterocycles. The SMILES string of the molecule is CCCC[C@H](C(=O)OCC(=O)Nc1ccc(C(C)=O)cc1)N1C(=O)[C@@H]2C3c4ccccc4C(c4ccccc43)[C@H]2C1=O. The Balaban J connectivity index is 1.23. The minimum absolute atomic E-state index is 0.0912. The van der Waals surface area contributed by atoms with Gasteiger partial charge in [0.25, 0.3) is 5.91 Å². The van der Waals surface area contributed by atoms with Crippen molar-refractivity contribution in [2.24, 2.45) is 11.8 Å². The van der Waals surface area contributed by atoms with Crippen LogP contribution < -0.4 is 5.32 Å². The molecule has 0 radical (unpaired) electrons. The van der Waals surface area contributed by atoms with Gasteiger partial charge in [-0.15, -0.1) is 0 Å². The number of amides is 3. The molecule has 0 spiro atoms. The summed E-state index contributed by atoms with van der Waals surface area (Å²) in [6.07, 6.45) is 1.62. The Morgan fingerprint density at radius 3 is 1.76 bits per heavy atom. The van der Waals surface area contributed by atoms with Crippen LogP contribution in [0.1, 0.15) is 77.6 Å². The molecule has 3 atom stereocenters. The van der Waals surface area contributed by atoms with Crippen LogP contribution in [0.15, 0.2) is 72.8 Å². The van der Waals surface area contributed by atoms with E-state index in [1.807, 2.05) is 55.5 Å². The normalized spacial score (nSPS) is 22.2. The van der Waals surface area contributed by atoms with Gasteiger partial charge in [0, 0.05) is 23.1 Å². The van der Waals surface area contributed by atoms with Gasteiger partial charge in [0.15, 0.2) is 12.4 Å². The molecule has 0 unspecified atom stereocenters. The molecule has 0 saturated carbocycles. The summed E-state index contributed by atoms with van der Waals surface area (Å²) in [7, 11) is 0. The summed E-state index contributed by atoms with van der Waals surface area (Å²) >= 11 is 0. The lowest BCUT2D eigenvalue weighted by atomic mass is 9.55. The second-order valence-corrected chi connectivity index (χ2v) is 11.3. The molecule has 42 heavy (non-hydrogen) atoms. The number of ketones is 1. The summed E-state index contributed by atoms with van der Waals surface area (Å²) in [6, 6.07) is 21.2. The molecule has 8 heteroatoms.